The van der Waals surface area contributed by atoms with Gasteiger partial charge in [-0.15, -0.1) is 0 Å². The monoisotopic (exact) mass is 440 g/mol. The van der Waals surface area contributed by atoms with Crippen molar-refractivity contribution in [2.24, 2.45) is 5.73 Å². The van der Waals surface area contributed by atoms with Crippen molar-refractivity contribution >= 4 is 42.3 Å². The highest BCUT2D eigenvalue weighted by Gasteiger charge is 2.48. The van der Waals surface area contributed by atoms with Gasteiger partial charge >= 0.3 is 17.1 Å². The van der Waals surface area contributed by atoms with Crippen LogP contribution in [0.5, 0.6) is 0 Å². The Labute approximate surface area is 163 Å². The molecule has 0 aliphatic rings. The fourth-order valence-electron chi connectivity index (χ4n) is 2.96. The predicted molar refractivity (Wildman–Crippen MR) is 124 cm³/mol. The van der Waals surface area contributed by atoms with Gasteiger partial charge in [0.2, 0.25) is 0 Å². The third kappa shape index (κ3) is 10.7. The Balaban J connectivity index is 4.67. The molecule has 152 valence electrons. The molecule has 0 saturated carbocycles. The average Bonchev–Trinajstić information content (AvgIpc) is 2.42. The van der Waals surface area contributed by atoms with E-state index in [1.165, 1.54) is 18.5 Å². The Morgan fingerprint density at radius 2 is 1.48 bits per heavy atom. The second-order valence-corrected chi connectivity index (χ2v) is 33.4. The van der Waals surface area contributed by atoms with Crippen molar-refractivity contribution in [2.45, 2.75) is 77.3 Å². The summed E-state index contributed by atoms with van der Waals surface area (Å²) in [7, 11) is -5.94. The second-order valence-electron chi connectivity index (χ2n) is 8.95. The van der Waals surface area contributed by atoms with Gasteiger partial charge < -0.3 is 23.4 Å². The molecule has 0 fully saturated rings. The molecule has 0 heterocycles. The van der Waals surface area contributed by atoms with E-state index in [9.17, 15) is 0 Å². The number of hydrogen-bond donors (Lipinski definition) is 2. The molecule has 0 spiro atoms. The van der Waals surface area contributed by atoms with Crippen molar-refractivity contribution in [1.29, 1.82) is 0 Å². The summed E-state index contributed by atoms with van der Waals surface area (Å²) in [5.74, 6) is 0. The van der Waals surface area contributed by atoms with Gasteiger partial charge in [0, 0.05) is 0 Å². The maximum Gasteiger partial charge on any atom is 0.312 e. The van der Waals surface area contributed by atoms with Crippen LogP contribution in [-0.4, -0.2) is 62.4 Å². The van der Waals surface area contributed by atoms with E-state index >= 15 is 0 Å². The summed E-state index contributed by atoms with van der Waals surface area (Å²) in [6.45, 7) is 20.3. The van der Waals surface area contributed by atoms with E-state index in [1.54, 1.807) is 0 Å². The lowest BCUT2D eigenvalue weighted by molar-refractivity contribution is 0.340. The molecule has 0 aliphatic heterocycles. The van der Waals surface area contributed by atoms with E-state index in [0.717, 1.165) is 19.5 Å². The molecule has 0 radical (unpaired) electrons. The first-order valence-corrected chi connectivity index (χ1v) is 24.0. The fourth-order valence-corrected chi connectivity index (χ4v) is 26.7. The fraction of sp³-hybridized carbons (Fsp3) is 1.00. The summed E-state index contributed by atoms with van der Waals surface area (Å²) in [6.07, 6.45) is 2.31. The lowest BCUT2D eigenvalue weighted by atomic mass is 10.5. The van der Waals surface area contributed by atoms with Crippen LogP contribution in [0.3, 0.4) is 0 Å². The van der Waals surface area contributed by atoms with Gasteiger partial charge in [-0.1, -0.05) is 19.1 Å². The summed E-state index contributed by atoms with van der Waals surface area (Å²) in [6, 6.07) is 2.46. The Morgan fingerprint density at radius 3 is 2.00 bits per heavy atom. The molecule has 3 N–H and O–H groups in total. The smallest absolute Gasteiger partial charge is 0.312 e. The number of nitrogens with two attached hydrogens (primary N) is 1. The molecule has 5 nitrogen and oxygen atoms in total. The van der Waals surface area contributed by atoms with E-state index in [2.05, 4.69) is 57.7 Å². The number of nitrogens with one attached hydrogen (secondary N) is 1. The molecule has 0 atom stereocenters. The van der Waals surface area contributed by atoms with Gasteiger partial charge in [0.15, 0.2) is 7.83 Å². The lowest BCUT2D eigenvalue weighted by Crippen LogP contribution is -2.63. The first kappa shape index (κ1) is 25.9. The highest BCUT2D eigenvalue weighted by atomic mass is 29.3. The third-order valence-corrected chi connectivity index (χ3v) is 33.5. The van der Waals surface area contributed by atoms with Gasteiger partial charge in [0.05, 0.1) is 7.59 Å². The largest absolute Gasteiger partial charge is 0.442 e. The van der Waals surface area contributed by atoms with Crippen LogP contribution in [0.2, 0.25) is 64.5 Å². The zero-order valence-electron chi connectivity index (χ0n) is 18.3. The van der Waals surface area contributed by atoms with Crippen molar-refractivity contribution < 1.29 is 12.3 Å². The van der Waals surface area contributed by atoms with Crippen LogP contribution < -0.4 is 11.1 Å². The maximum atomic E-state index is 6.80. The summed E-state index contributed by atoms with van der Waals surface area (Å²) in [4.78, 5) is 0. The van der Waals surface area contributed by atoms with Crippen molar-refractivity contribution in [3.63, 3.8) is 0 Å². The first-order chi connectivity index (χ1) is 11.3. The molecule has 0 aromatic heterocycles. The third-order valence-electron chi connectivity index (χ3n) is 4.90. The quantitative estimate of drug-likeness (QED) is 0.321. The van der Waals surface area contributed by atoms with E-state index < -0.39 is 42.3 Å². The van der Waals surface area contributed by atoms with Crippen LogP contribution in [0.1, 0.15) is 12.8 Å². The highest BCUT2D eigenvalue weighted by molar-refractivity contribution is 7.39. The molecule has 10 heteroatoms. The molecular weight excluding hydrogens is 397 g/mol. The van der Waals surface area contributed by atoms with E-state index in [4.69, 9.17) is 18.1 Å². The van der Waals surface area contributed by atoms with Crippen molar-refractivity contribution in [2.75, 3.05) is 20.1 Å². The van der Waals surface area contributed by atoms with Crippen molar-refractivity contribution in [3.05, 3.63) is 0 Å². The van der Waals surface area contributed by atoms with Gasteiger partial charge in [-0.05, 0) is 78.3 Å². The minimum atomic E-state index is -2.19. The molecule has 0 aromatic carbocycles. The molecule has 0 aliphatic carbocycles. The Bertz CT molecular complexity index is 382. The molecule has 0 saturated heterocycles. The molecule has 0 amide bonds. The van der Waals surface area contributed by atoms with Gasteiger partial charge in [-0.2, -0.15) is 0 Å². The highest BCUT2D eigenvalue weighted by Crippen LogP contribution is 2.30. The van der Waals surface area contributed by atoms with Gasteiger partial charge in [-0.25, -0.2) is 0 Å². The van der Waals surface area contributed by atoms with Crippen LogP contribution in [0.4, 0.5) is 0 Å². The van der Waals surface area contributed by atoms with Crippen LogP contribution in [0.25, 0.3) is 0 Å². The summed E-state index contributed by atoms with van der Waals surface area (Å²) >= 11 is 0. The van der Waals surface area contributed by atoms with Crippen LogP contribution in [-0.2, 0) is 12.3 Å². The van der Waals surface area contributed by atoms with Crippen LogP contribution in [0, 0.1) is 0 Å². The van der Waals surface area contributed by atoms with E-state index in [1.807, 2.05) is 7.05 Å². The number of hydrogen-bond acceptors (Lipinski definition) is 5. The first-order valence-electron chi connectivity index (χ1n) is 9.67. The van der Waals surface area contributed by atoms with E-state index in [-0.39, 0.29) is 0 Å². The molecule has 25 heavy (non-hydrogen) atoms. The predicted octanol–water partition coefficient (Wildman–Crippen LogP) is 2.89. The molecule has 0 rings (SSSR count). The van der Waals surface area contributed by atoms with Crippen LogP contribution >= 0.6 is 0 Å². The van der Waals surface area contributed by atoms with Crippen molar-refractivity contribution in [1.82, 2.24) is 5.32 Å². The summed E-state index contributed by atoms with van der Waals surface area (Å²) in [5, 5.41) is 3.19. The second kappa shape index (κ2) is 11.0. The lowest BCUT2D eigenvalue weighted by Gasteiger charge is -2.44. The Hall–Kier alpha value is 0.884. The van der Waals surface area contributed by atoms with Gasteiger partial charge in [0.25, 0.3) is 0 Å². The minimum Gasteiger partial charge on any atom is -0.442 e. The van der Waals surface area contributed by atoms with Crippen molar-refractivity contribution in [3.8, 4) is 0 Å². The summed E-state index contributed by atoms with van der Waals surface area (Å²) < 4.78 is 19.6. The molecule has 0 unspecified atom stereocenters. The summed E-state index contributed by atoms with van der Waals surface area (Å²) in [5.41, 5.74) is 5.74. The molecular formula is C15H44N2O3Si5. The van der Waals surface area contributed by atoms with Gasteiger partial charge in [0.1, 0.15) is 9.76 Å². The normalized spacial score (nSPS) is 14.6. The molecule has 0 aromatic rings. The minimum absolute atomic E-state index is 0.493. The Morgan fingerprint density at radius 1 is 0.880 bits per heavy atom. The topological polar surface area (TPSA) is 65.7 Å². The standard InChI is InChI=1S/C15H44N2O3Si5/c1-17-13-11-14-21-18-23(4,5)19-24(6,7)20-25(8,9)22(2,3)15-10-12-16/h17H,10-16,21H2,1-9H3. The average molecular weight is 441 g/mol. The zero-order chi connectivity index (χ0) is 19.8. The Kier molecular flexibility index (Phi) is 11.4. The number of rotatable bonds is 14. The SMILES string of the molecule is CNCCC[SiH2]O[Si](C)(C)O[Si](C)(C)O[Si](C)(C)[Si](C)(C)CCCN. The molecule has 0 bridgehead atoms. The zero-order valence-corrected chi connectivity index (χ0v) is 23.7. The van der Waals surface area contributed by atoms with E-state index in [0.29, 0.717) is 0 Å². The maximum absolute atomic E-state index is 6.80. The van der Waals surface area contributed by atoms with Gasteiger partial charge in [-0.3, -0.25) is 0 Å². The van der Waals surface area contributed by atoms with Crippen LogP contribution in [0.15, 0.2) is 0 Å².